The van der Waals surface area contributed by atoms with E-state index in [1.807, 2.05) is 42.5 Å². The number of ether oxygens (including phenoxy) is 2. The second-order valence-corrected chi connectivity index (χ2v) is 4.63. The fourth-order valence-corrected chi connectivity index (χ4v) is 1.95. The molecule has 0 spiro atoms. The highest BCUT2D eigenvalue weighted by atomic mass is 16.7. The van der Waals surface area contributed by atoms with Gasteiger partial charge in [0.15, 0.2) is 11.5 Å². The van der Waals surface area contributed by atoms with Crippen molar-refractivity contribution in [2.45, 2.75) is 0 Å². The van der Waals surface area contributed by atoms with Gasteiger partial charge in [0.2, 0.25) is 6.79 Å². The zero-order valence-electron chi connectivity index (χ0n) is 11.8. The molecule has 1 amide bonds. The largest absolute Gasteiger partial charge is 0.454 e. The fourth-order valence-electron chi connectivity index (χ4n) is 1.95. The predicted molar refractivity (Wildman–Crippen MR) is 83.2 cm³/mol. The first-order chi connectivity index (χ1) is 10.8. The zero-order chi connectivity index (χ0) is 15.2. The van der Waals surface area contributed by atoms with Crippen LogP contribution in [-0.2, 0) is 4.79 Å². The van der Waals surface area contributed by atoms with Gasteiger partial charge in [-0.25, -0.2) is 5.43 Å². The summed E-state index contributed by atoms with van der Waals surface area (Å²) in [5.74, 6) is 1.18. The van der Waals surface area contributed by atoms with E-state index in [0.717, 1.165) is 11.3 Å². The summed E-state index contributed by atoms with van der Waals surface area (Å²) >= 11 is 0. The van der Waals surface area contributed by atoms with Gasteiger partial charge in [0.25, 0.3) is 5.91 Å². The van der Waals surface area contributed by atoms with Crippen LogP contribution in [0.5, 0.6) is 11.5 Å². The normalized spacial score (nSPS) is 12.4. The minimum Gasteiger partial charge on any atom is -0.454 e. The van der Waals surface area contributed by atoms with Crippen molar-refractivity contribution in [3.05, 3.63) is 54.1 Å². The molecule has 22 heavy (non-hydrogen) atoms. The molecule has 0 aromatic heterocycles. The van der Waals surface area contributed by atoms with Gasteiger partial charge in [-0.2, -0.15) is 5.10 Å². The molecule has 6 heteroatoms. The Morgan fingerprint density at radius 2 is 1.95 bits per heavy atom. The van der Waals surface area contributed by atoms with Crippen LogP contribution in [0.3, 0.4) is 0 Å². The maximum Gasteiger partial charge on any atom is 0.259 e. The van der Waals surface area contributed by atoms with E-state index in [1.165, 1.54) is 0 Å². The Hall–Kier alpha value is -3.02. The van der Waals surface area contributed by atoms with Crippen molar-refractivity contribution in [3.8, 4) is 11.5 Å². The molecule has 2 N–H and O–H groups in total. The first-order valence-electron chi connectivity index (χ1n) is 6.82. The minimum atomic E-state index is -0.221. The molecular formula is C16H15N3O3. The fraction of sp³-hybridized carbons (Fsp3) is 0.125. The summed E-state index contributed by atoms with van der Waals surface area (Å²) < 4.78 is 10.5. The number of carbonyl (C=O) groups is 1. The lowest BCUT2D eigenvalue weighted by Crippen LogP contribution is -2.25. The highest BCUT2D eigenvalue weighted by molar-refractivity contribution is 5.84. The molecule has 0 unspecified atom stereocenters. The molecule has 0 saturated heterocycles. The molecule has 1 heterocycles. The van der Waals surface area contributed by atoms with Crippen LogP contribution in [0.2, 0.25) is 0 Å². The summed E-state index contributed by atoms with van der Waals surface area (Å²) in [5.41, 5.74) is 4.17. The summed E-state index contributed by atoms with van der Waals surface area (Å²) in [6.07, 6.45) is 1.56. The number of nitrogens with one attached hydrogen (secondary N) is 2. The molecule has 0 bridgehead atoms. The van der Waals surface area contributed by atoms with Crippen molar-refractivity contribution in [3.63, 3.8) is 0 Å². The van der Waals surface area contributed by atoms with Crippen molar-refractivity contribution in [1.29, 1.82) is 0 Å². The van der Waals surface area contributed by atoms with Crippen molar-refractivity contribution < 1.29 is 14.3 Å². The quantitative estimate of drug-likeness (QED) is 0.654. The number of benzene rings is 2. The summed E-state index contributed by atoms with van der Waals surface area (Å²) in [7, 11) is 0. The molecule has 6 nitrogen and oxygen atoms in total. The topological polar surface area (TPSA) is 72.0 Å². The van der Waals surface area contributed by atoms with Gasteiger partial charge in [-0.05, 0) is 35.9 Å². The first kappa shape index (κ1) is 13.9. The van der Waals surface area contributed by atoms with Gasteiger partial charge in [0, 0.05) is 5.69 Å². The van der Waals surface area contributed by atoms with Crippen LogP contribution in [-0.4, -0.2) is 25.5 Å². The number of rotatable bonds is 5. The van der Waals surface area contributed by atoms with Crippen LogP contribution in [0.25, 0.3) is 0 Å². The molecule has 3 rings (SSSR count). The maximum atomic E-state index is 11.7. The van der Waals surface area contributed by atoms with Crippen molar-refractivity contribution in [2.75, 3.05) is 18.7 Å². The molecule has 112 valence electrons. The number of nitrogens with zero attached hydrogens (tertiary/aromatic N) is 1. The number of fused-ring (bicyclic) bond motifs is 1. The lowest BCUT2D eigenvalue weighted by Gasteiger charge is -2.04. The third-order valence-corrected chi connectivity index (χ3v) is 3.03. The van der Waals surface area contributed by atoms with Gasteiger partial charge >= 0.3 is 0 Å². The molecule has 1 aliphatic heterocycles. The first-order valence-corrected chi connectivity index (χ1v) is 6.82. The Morgan fingerprint density at radius 1 is 1.14 bits per heavy atom. The van der Waals surface area contributed by atoms with Gasteiger partial charge in [-0.15, -0.1) is 0 Å². The molecule has 0 radical (unpaired) electrons. The number of hydrazone groups is 1. The van der Waals surface area contributed by atoms with Crippen LogP contribution >= 0.6 is 0 Å². The predicted octanol–water partition coefficient (Wildman–Crippen LogP) is 1.98. The molecule has 0 atom stereocenters. The van der Waals surface area contributed by atoms with E-state index in [-0.39, 0.29) is 19.2 Å². The number of amides is 1. The summed E-state index contributed by atoms with van der Waals surface area (Å²) in [4.78, 5) is 11.7. The Kier molecular flexibility index (Phi) is 4.20. The number of para-hydroxylation sites is 1. The smallest absolute Gasteiger partial charge is 0.259 e. The maximum absolute atomic E-state index is 11.7. The van der Waals surface area contributed by atoms with Crippen molar-refractivity contribution >= 4 is 17.8 Å². The molecule has 2 aromatic carbocycles. The number of anilines is 1. The van der Waals surface area contributed by atoms with Gasteiger partial charge in [-0.1, -0.05) is 18.2 Å². The van der Waals surface area contributed by atoms with E-state index in [4.69, 9.17) is 9.47 Å². The Labute approximate surface area is 127 Å². The Balaban J connectivity index is 1.48. The van der Waals surface area contributed by atoms with Crippen LogP contribution < -0.4 is 20.2 Å². The van der Waals surface area contributed by atoms with Gasteiger partial charge in [0.05, 0.1) is 12.8 Å². The summed E-state index contributed by atoms with van der Waals surface area (Å²) in [6, 6.07) is 15.0. The van der Waals surface area contributed by atoms with E-state index in [9.17, 15) is 4.79 Å². The highest BCUT2D eigenvalue weighted by Gasteiger charge is 2.12. The van der Waals surface area contributed by atoms with Crippen molar-refractivity contribution in [1.82, 2.24) is 5.43 Å². The highest BCUT2D eigenvalue weighted by Crippen LogP contribution is 2.31. The lowest BCUT2D eigenvalue weighted by atomic mass is 10.2. The molecule has 0 fully saturated rings. The van der Waals surface area contributed by atoms with Gasteiger partial charge in [0.1, 0.15) is 0 Å². The number of carbonyl (C=O) groups excluding carboxylic acids is 1. The lowest BCUT2D eigenvalue weighted by molar-refractivity contribution is -0.119. The average Bonchev–Trinajstić information content (AvgIpc) is 3.02. The van der Waals surface area contributed by atoms with Gasteiger partial charge < -0.3 is 14.8 Å². The van der Waals surface area contributed by atoms with E-state index in [2.05, 4.69) is 15.8 Å². The molecule has 0 aliphatic carbocycles. The standard InChI is InChI=1S/C16H15N3O3/c20-16(10-17-13-4-2-1-3-5-13)19-18-9-12-6-7-14-15(8-12)22-11-21-14/h1-9,17H,10-11H2,(H,19,20). The van der Waals surface area contributed by atoms with E-state index in [0.29, 0.717) is 11.5 Å². The van der Waals surface area contributed by atoms with E-state index in [1.54, 1.807) is 12.3 Å². The van der Waals surface area contributed by atoms with Gasteiger partial charge in [-0.3, -0.25) is 4.79 Å². The second-order valence-electron chi connectivity index (χ2n) is 4.63. The molecule has 0 saturated carbocycles. The van der Waals surface area contributed by atoms with Crippen LogP contribution in [0.4, 0.5) is 5.69 Å². The molecule has 2 aromatic rings. The molecule has 1 aliphatic rings. The van der Waals surface area contributed by atoms with E-state index < -0.39 is 0 Å². The van der Waals surface area contributed by atoms with Crippen LogP contribution in [0.1, 0.15) is 5.56 Å². The second kappa shape index (κ2) is 6.62. The Bertz CT molecular complexity index is 686. The zero-order valence-corrected chi connectivity index (χ0v) is 11.8. The number of hydrogen-bond acceptors (Lipinski definition) is 5. The number of hydrogen-bond donors (Lipinski definition) is 2. The third kappa shape index (κ3) is 3.54. The Morgan fingerprint density at radius 3 is 2.82 bits per heavy atom. The van der Waals surface area contributed by atoms with Crippen LogP contribution in [0, 0.1) is 0 Å². The minimum absolute atomic E-state index is 0.155. The summed E-state index contributed by atoms with van der Waals surface area (Å²) in [6.45, 7) is 0.389. The summed E-state index contributed by atoms with van der Waals surface area (Å²) in [5, 5.41) is 6.92. The van der Waals surface area contributed by atoms with Crippen LogP contribution in [0.15, 0.2) is 53.6 Å². The third-order valence-electron chi connectivity index (χ3n) is 3.03. The van der Waals surface area contributed by atoms with E-state index >= 15 is 0 Å². The monoisotopic (exact) mass is 297 g/mol. The van der Waals surface area contributed by atoms with Crippen molar-refractivity contribution in [2.24, 2.45) is 5.10 Å². The molecular weight excluding hydrogens is 282 g/mol. The SMILES string of the molecule is O=C(CNc1ccccc1)NN=Cc1ccc2c(c1)OCO2. The average molecular weight is 297 g/mol.